The molecular formula is C20H20BClIN4O3-. The number of piperidine rings is 1. The first-order valence-corrected chi connectivity index (χ1v) is 12.4. The Kier molecular flexibility index (Phi) is 6.38. The number of hydrogen-bond donors (Lipinski definition) is 1. The summed E-state index contributed by atoms with van der Waals surface area (Å²) in [5, 5.41) is 0.515. The number of carbonyl (C=O) groups is 1. The van der Waals surface area contributed by atoms with Gasteiger partial charge in [-0.3, -0.25) is 4.79 Å². The number of aromatic amines is 1. The number of esters is 1. The molecule has 2 aromatic heterocycles. The zero-order valence-corrected chi connectivity index (χ0v) is 19.5. The summed E-state index contributed by atoms with van der Waals surface area (Å²) in [6.07, 6.45) is 2.23. The van der Waals surface area contributed by atoms with Crippen LogP contribution in [0.5, 0.6) is 11.9 Å². The van der Waals surface area contributed by atoms with E-state index >= 15 is 0 Å². The van der Waals surface area contributed by atoms with E-state index in [0.29, 0.717) is 25.9 Å². The van der Waals surface area contributed by atoms with Crippen LogP contribution < -0.4 is 35.4 Å². The van der Waals surface area contributed by atoms with Crippen molar-refractivity contribution < 1.29 is 35.3 Å². The molecule has 7 nitrogen and oxygen atoms in total. The van der Waals surface area contributed by atoms with Crippen molar-refractivity contribution in [3.63, 3.8) is 0 Å². The molecule has 1 aliphatic rings. The molecule has 3 heterocycles. The molecule has 0 atom stereocenters. The number of benzene rings is 1. The van der Waals surface area contributed by atoms with Gasteiger partial charge in [0.2, 0.25) is 0 Å². The van der Waals surface area contributed by atoms with E-state index in [9.17, 15) is 4.79 Å². The number of rotatable bonds is 5. The molecule has 3 aromatic rings. The number of hydrogen-bond acceptors (Lipinski definition) is 6. The van der Waals surface area contributed by atoms with Crippen LogP contribution >= 0.6 is 11.6 Å². The Bertz CT molecular complexity index is 1090. The van der Waals surface area contributed by atoms with Crippen molar-refractivity contribution >= 4 is 40.1 Å². The molecule has 2 radical (unpaired) electrons. The number of carbonyl (C=O) groups excluding carboxylic acids is 1. The maximum absolute atomic E-state index is 11.2. The maximum atomic E-state index is 11.2. The summed E-state index contributed by atoms with van der Waals surface area (Å²) in [5.74, 6) is 0.940. The third-order valence-electron chi connectivity index (χ3n) is 5.05. The molecule has 156 valence electrons. The van der Waals surface area contributed by atoms with E-state index in [1.165, 1.54) is 6.92 Å². The number of anilines is 1. The number of ether oxygens (including phenoxy) is 2. The van der Waals surface area contributed by atoms with Crippen LogP contribution in [-0.2, 0) is 4.79 Å². The Hall–Kier alpha value is -2.01. The predicted octanol–water partition coefficient (Wildman–Crippen LogP) is 0.353. The molecule has 0 aliphatic carbocycles. The van der Waals surface area contributed by atoms with Crippen LogP contribution in [-0.4, -0.2) is 50.7 Å². The van der Waals surface area contributed by atoms with Gasteiger partial charge in [-0.1, -0.05) is 0 Å². The van der Waals surface area contributed by atoms with Gasteiger partial charge >= 0.3 is 170 Å². The van der Waals surface area contributed by atoms with Crippen LogP contribution in [0.2, 0.25) is 5.02 Å². The Morgan fingerprint density at radius 1 is 1.27 bits per heavy atom. The van der Waals surface area contributed by atoms with Crippen LogP contribution in [0, 0.1) is 0 Å². The van der Waals surface area contributed by atoms with E-state index < -0.39 is 5.97 Å². The van der Waals surface area contributed by atoms with Gasteiger partial charge in [-0.05, 0) is 0 Å². The summed E-state index contributed by atoms with van der Waals surface area (Å²) in [6.45, 7) is 3.23. The number of nitrogens with one attached hydrogen (secondary N) is 1. The van der Waals surface area contributed by atoms with Crippen molar-refractivity contribution in [1.29, 1.82) is 0 Å². The van der Waals surface area contributed by atoms with E-state index in [4.69, 9.17) is 31.8 Å². The Balaban J connectivity index is 1.67. The van der Waals surface area contributed by atoms with Crippen LogP contribution in [0.1, 0.15) is 19.8 Å². The van der Waals surface area contributed by atoms with Crippen molar-refractivity contribution in [2.24, 2.45) is 0 Å². The van der Waals surface area contributed by atoms with E-state index in [1.807, 2.05) is 18.2 Å². The number of pyridine rings is 1. The Labute approximate surface area is 190 Å². The molecule has 0 spiro atoms. The number of fused-ring (bicyclic) bond motifs is 1. The first-order chi connectivity index (χ1) is 14.5. The minimum atomic E-state index is -0.445. The zero-order valence-electron chi connectivity index (χ0n) is 16.6. The van der Waals surface area contributed by atoms with Crippen LogP contribution in [0.15, 0.2) is 24.3 Å². The Morgan fingerprint density at radius 3 is 2.70 bits per heavy atom. The minimum absolute atomic E-state index is 0.134. The second kappa shape index (κ2) is 9.01. The quantitative estimate of drug-likeness (QED) is 0.219. The second-order valence-corrected chi connectivity index (χ2v) is 9.89. The zero-order chi connectivity index (χ0) is 21.3. The SMILES string of the molecule is [B][I-]C1CCN(c2ccc(-c3cc4nc(OC(C)=O)[nH]c4cc3Cl)c(OC)n2)CC1. The number of aromatic nitrogens is 3. The van der Waals surface area contributed by atoms with E-state index in [-0.39, 0.29) is 27.0 Å². The molecule has 1 aliphatic heterocycles. The van der Waals surface area contributed by atoms with Crippen molar-refractivity contribution in [2.75, 3.05) is 25.1 Å². The summed E-state index contributed by atoms with van der Waals surface area (Å²) < 4.78 is 11.3. The van der Waals surface area contributed by atoms with Gasteiger partial charge in [0.05, 0.1) is 0 Å². The predicted molar refractivity (Wildman–Crippen MR) is 113 cm³/mol. The molecule has 1 saturated heterocycles. The van der Waals surface area contributed by atoms with Crippen LogP contribution in [0.4, 0.5) is 5.82 Å². The fourth-order valence-corrected chi connectivity index (χ4v) is 5.11. The van der Waals surface area contributed by atoms with Crippen LogP contribution in [0.3, 0.4) is 0 Å². The van der Waals surface area contributed by atoms with Crippen molar-refractivity contribution in [1.82, 2.24) is 15.0 Å². The van der Waals surface area contributed by atoms with Gasteiger partial charge < -0.3 is 9.72 Å². The first kappa shape index (κ1) is 21.2. The third kappa shape index (κ3) is 4.37. The van der Waals surface area contributed by atoms with Gasteiger partial charge in [-0.2, -0.15) is 0 Å². The number of methoxy groups -OCH3 is 1. The fraction of sp³-hybridized carbons (Fsp3) is 0.350. The topological polar surface area (TPSA) is 80.3 Å². The van der Waals surface area contributed by atoms with Crippen LogP contribution in [0.25, 0.3) is 22.2 Å². The van der Waals surface area contributed by atoms with Gasteiger partial charge in [0, 0.05) is 6.92 Å². The molecule has 4 rings (SSSR count). The van der Waals surface area contributed by atoms with Gasteiger partial charge in [0.1, 0.15) is 0 Å². The summed E-state index contributed by atoms with van der Waals surface area (Å²) in [6, 6.07) is 7.67. The standard InChI is InChI=1S/C20H20BClIN4O3/c1-11(28)30-20-24-16-9-14(15(22)10-17(16)25-20)13-3-4-18(26-19(13)29-2)27-7-5-12(23-21)6-8-27/h3-4,9-10,12H,5-8H2,1-2H3,(H,24,25)/q-1. The molecule has 1 N–H and O–H groups in total. The number of imidazole rings is 1. The molecule has 0 saturated carbocycles. The molecule has 1 aromatic carbocycles. The van der Waals surface area contributed by atoms with Crippen molar-refractivity contribution in [3.05, 3.63) is 29.3 Å². The summed E-state index contributed by atoms with van der Waals surface area (Å²) in [5.41, 5.74) is 8.73. The van der Waals surface area contributed by atoms with E-state index in [1.54, 1.807) is 13.2 Å². The summed E-state index contributed by atoms with van der Waals surface area (Å²) >= 11 is 6.35. The molecule has 0 unspecified atom stereocenters. The van der Waals surface area contributed by atoms with E-state index in [0.717, 1.165) is 42.9 Å². The van der Waals surface area contributed by atoms with Gasteiger partial charge in [0.25, 0.3) is 0 Å². The monoisotopic (exact) mass is 537 g/mol. The van der Waals surface area contributed by atoms with E-state index in [2.05, 4.69) is 14.9 Å². The third-order valence-corrected chi connectivity index (χ3v) is 7.62. The van der Waals surface area contributed by atoms with Gasteiger partial charge in [0.15, 0.2) is 0 Å². The summed E-state index contributed by atoms with van der Waals surface area (Å²) in [4.78, 5) is 25.4. The number of nitrogens with zero attached hydrogens (tertiary/aromatic N) is 3. The molecule has 0 bridgehead atoms. The first-order valence-electron chi connectivity index (χ1n) is 9.48. The average Bonchev–Trinajstić information content (AvgIpc) is 3.13. The van der Waals surface area contributed by atoms with Crippen molar-refractivity contribution in [3.8, 4) is 23.0 Å². The summed E-state index contributed by atoms with van der Waals surface area (Å²) in [7, 11) is 1.60. The number of H-pyrrole nitrogens is 1. The van der Waals surface area contributed by atoms with Crippen molar-refractivity contribution in [2.45, 2.75) is 23.7 Å². The molecular weight excluding hydrogens is 517 g/mol. The normalized spacial score (nSPS) is 15.0. The molecule has 0 amide bonds. The average molecular weight is 538 g/mol. The Morgan fingerprint density at radius 2 is 2.03 bits per heavy atom. The van der Waals surface area contributed by atoms with Gasteiger partial charge in [-0.25, -0.2) is 0 Å². The molecule has 30 heavy (non-hydrogen) atoms. The fourth-order valence-electron chi connectivity index (χ4n) is 3.57. The molecule has 10 heteroatoms. The second-order valence-electron chi connectivity index (χ2n) is 7.00. The number of halogens is 2. The van der Waals surface area contributed by atoms with Gasteiger partial charge in [-0.15, -0.1) is 0 Å². The number of alkyl halides is 1. The molecule has 1 fully saturated rings.